The summed E-state index contributed by atoms with van der Waals surface area (Å²) < 4.78 is 3.20. The number of carbonyl (C=O) groups is 1. The molecule has 2 aromatic carbocycles. The van der Waals surface area contributed by atoms with Crippen LogP contribution in [0.3, 0.4) is 0 Å². The molecule has 2 bridgehead atoms. The van der Waals surface area contributed by atoms with Crippen LogP contribution in [0.1, 0.15) is 72.0 Å². The van der Waals surface area contributed by atoms with Crippen molar-refractivity contribution in [3.8, 4) is 0 Å². The van der Waals surface area contributed by atoms with E-state index in [0.717, 1.165) is 55.1 Å². The predicted octanol–water partition coefficient (Wildman–Crippen LogP) is 7.49. The molecule has 3 fully saturated rings. The maximum atomic E-state index is 13.2. The van der Waals surface area contributed by atoms with Gasteiger partial charge in [-0.15, -0.1) is 11.3 Å². The molecule has 0 radical (unpaired) electrons. The number of carbonyl (C=O) groups excluding carboxylic acids is 1. The fraction of sp³-hybridized carbons (Fsp3) is 0.455. The summed E-state index contributed by atoms with van der Waals surface area (Å²) in [5.41, 5.74) is 3.95. The standard InChI is InChI=1S/C33H37ClN4OS/c1-23-35-28-9-5-6-10-29(28)38(23)27-21-25-11-12-26(22-27)37(25)20-17-33(24-7-3-2-4-8-24)15-18-36(19-16-33)32(39)30-13-14-31(34)40-30/h2-10,13-14,25-27H,11-12,15-22H2,1H3/t25-,26+,27?. The first-order chi connectivity index (χ1) is 19.5. The summed E-state index contributed by atoms with van der Waals surface area (Å²) in [6.07, 6.45) is 8.19. The number of halogens is 1. The van der Waals surface area contributed by atoms with Gasteiger partial charge in [0.2, 0.25) is 0 Å². The van der Waals surface area contributed by atoms with Crippen LogP contribution in [0.4, 0.5) is 0 Å². The molecule has 3 aliphatic heterocycles. The Balaban J connectivity index is 1.06. The van der Waals surface area contributed by atoms with Crippen molar-refractivity contribution in [2.45, 2.75) is 75.4 Å². The minimum Gasteiger partial charge on any atom is -0.338 e. The van der Waals surface area contributed by atoms with Crippen molar-refractivity contribution in [1.82, 2.24) is 19.4 Å². The fourth-order valence-electron chi connectivity index (χ4n) is 7.99. The second-order valence-electron chi connectivity index (χ2n) is 12.1. The minimum atomic E-state index is 0.110. The summed E-state index contributed by atoms with van der Waals surface area (Å²) in [6, 6.07) is 25.2. The second kappa shape index (κ2) is 10.6. The van der Waals surface area contributed by atoms with Crippen LogP contribution in [0, 0.1) is 6.92 Å². The number of hydrogen-bond donors (Lipinski definition) is 0. The van der Waals surface area contributed by atoms with E-state index in [1.54, 1.807) is 0 Å². The van der Waals surface area contributed by atoms with Gasteiger partial charge >= 0.3 is 0 Å². The molecule has 40 heavy (non-hydrogen) atoms. The van der Waals surface area contributed by atoms with Crippen molar-refractivity contribution >= 4 is 39.9 Å². The van der Waals surface area contributed by atoms with Crippen molar-refractivity contribution in [2.24, 2.45) is 0 Å². The summed E-state index contributed by atoms with van der Waals surface area (Å²) in [7, 11) is 0. The van der Waals surface area contributed by atoms with E-state index in [0.29, 0.717) is 22.5 Å². The zero-order valence-electron chi connectivity index (χ0n) is 23.1. The zero-order valence-corrected chi connectivity index (χ0v) is 24.7. The lowest BCUT2D eigenvalue weighted by molar-refractivity contribution is 0.0611. The minimum absolute atomic E-state index is 0.110. The highest BCUT2D eigenvalue weighted by Crippen LogP contribution is 2.45. The van der Waals surface area contributed by atoms with Crippen molar-refractivity contribution < 1.29 is 4.79 Å². The van der Waals surface area contributed by atoms with Crippen molar-refractivity contribution in [3.05, 3.63) is 87.3 Å². The summed E-state index contributed by atoms with van der Waals surface area (Å²) >= 11 is 7.51. The lowest BCUT2D eigenvalue weighted by Crippen LogP contribution is -2.49. The van der Waals surface area contributed by atoms with Crippen LogP contribution < -0.4 is 0 Å². The Hall–Kier alpha value is -2.67. The Bertz CT molecular complexity index is 1490. The predicted molar refractivity (Wildman–Crippen MR) is 163 cm³/mol. The van der Waals surface area contributed by atoms with Crippen molar-refractivity contribution in [2.75, 3.05) is 19.6 Å². The molecule has 3 aliphatic rings. The maximum absolute atomic E-state index is 13.2. The number of nitrogens with zero attached hydrogens (tertiary/aromatic N) is 4. The molecule has 7 rings (SSSR count). The van der Waals surface area contributed by atoms with E-state index in [1.165, 1.54) is 48.1 Å². The number of para-hydroxylation sites is 2. The number of thiophene rings is 1. The SMILES string of the molecule is Cc1nc2ccccc2n1C1C[C@H]2CC[C@@H](C1)N2CCC1(c2ccccc2)CCN(C(=O)c2ccc(Cl)s2)CC1. The number of likely N-dealkylation sites (tertiary alicyclic amines) is 1. The van der Waals surface area contributed by atoms with Gasteiger partial charge in [0.1, 0.15) is 5.82 Å². The van der Waals surface area contributed by atoms with Gasteiger partial charge in [0.25, 0.3) is 5.91 Å². The Morgan fingerprint density at radius 2 is 1.65 bits per heavy atom. The number of benzene rings is 2. The van der Waals surface area contributed by atoms with Gasteiger partial charge in [-0.3, -0.25) is 9.69 Å². The monoisotopic (exact) mass is 572 g/mol. The molecule has 1 amide bonds. The van der Waals surface area contributed by atoms with E-state index >= 15 is 0 Å². The molecule has 5 heterocycles. The van der Waals surface area contributed by atoms with Crippen molar-refractivity contribution in [3.63, 3.8) is 0 Å². The second-order valence-corrected chi connectivity index (χ2v) is 13.8. The topological polar surface area (TPSA) is 41.4 Å². The molecule has 3 atom stereocenters. The van der Waals surface area contributed by atoms with Crippen LogP contribution in [0.15, 0.2) is 66.7 Å². The number of piperidine rings is 2. The Morgan fingerprint density at radius 1 is 0.950 bits per heavy atom. The van der Waals surface area contributed by atoms with Gasteiger partial charge in [-0.25, -0.2) is 4.98 Å². The van der Waals surface area contributed by atoms with Crippen LogP contribution in [-0.4, -0.2) is 57.0 Å². The molecule has 0 saturated carbocycles. The average Bonchev–Trinajstić information content (AvgIpc) is 3.64. The number of fused-ring (bicyclic) bond motifs is 3. The van der Waals surface area contributed by atoms with Gasteiger partial charge in [0.05, 0.1) is 20.2 Å². The summed E-state index contributed by atoms with van der Waals surface area (Å²) in [5.74, 6) is 1.27. The number of hydrogen-bond acceptors (Lipinski definition) is 4. The van der Waals surface area contributed by atoms with E-state index in [1.807, 2.05) is 17.0 Å². The molecule has 0 N–H and O–H groups in total. The first-order valence-corrected chi connectivity index (χ1v) is 16.0. The molecule has 1 unspecified atom stereocenters. The first-order valence-electron chi connectivity index (χ1n) is 14.8. The average molecular weight is 573 g/mol. The molecular formula is C33H37ClN4OS. The van der Waals surface area contributed by atoms with Gasteiger partial charge in [0, 0.05) is 31.2 Å². The third kappa shape index (κ3) is 4.68. The molecular weight excluding hydrogens is 536 g/mol. The van der Waals surface area contributed by atoms with Gasteiger partial charge in [0.15, 0.2) is 0 Å². The number of rotatable bonds is 6. The largest absolute Gasteiger partial charge is 0.338 e. The van der Waals surface area contributed by atoms with Crippen LogP contribution in [-0.2, 0) is 5.41 Å². The van der Waals surface area contributed by atoms with Crippen LogP contribution in [0.5, 0.6) is 0 Å². The molecule has 0 spiro atoms. The lowest BCUT2D eigenvalue weighted by atomic mass is 9.70. The molecule has 5 nitrogen and oxygen atoms in total. The van der Waals surface area contributed by atoms with E-state index in [-0.39, 0.29) is 11.3 Å². The molecule has 2 aromatic heterocycles. The van der Waals surface area contributed by atoms with Crippen LogP contribution in [0.25, 0.3) is 11.0 Å². The third-order valence-electron chi connectivity index (χ3n) is 10.0. The quantitative estimate of drug-likeness (QED) is 0.240. The van der Waals surface area contributed by atoms with Crippen LogP contribution in [0.2, 0.25) is 4.34 Å². The van der Waals surface area contributed by atoms with Crippen LogP contribution >= 0.6 is 22.9 Å². The van der Waals surface area contributed by atoms with Gasteiger partial charge in [-0.2, -0.15) is 0 Å². The highest BCUT2D eigenvalue weighted by atomic mass is 35.5. The molecule has 7 heteroatoms. The summed E-state index contributed by atoms with van der Waals surface area (Å²) in [4.78, 5) is 23.7. The molecule has 4 aromatic rings. The fourth-order valence-corrected chi connectivity index (χ4v) is 9.00. The normalized spacial score (nSPS) is 24.6. The van der Waals surface area contributed by atoms with Gasteiger partial charge < -0.3 is 9.47 Å². The highest BCUT2D eigenvalue weighted by Gasteiger charge is 2.44. The van der Waals surface area contributed by atoms with E-state index < -0.39 is 0 Å². The smallest absolute Gasteiger partial charge is 0.263 e. The number of imidazole rings is 1. The number of amides is 1. The Kier molecular flexibility index (Phi) is 6.97. The zero-order chi connectivity index (χ0) is 27.3. The van der Waals surface area contributed by atoms with E-state index in [9.17, 15) is 4.79 Å². The molecule has 3 saturated heterocycles. The first kappa shape index (κ1) is 26.2. The molecule has 208 valence electrons. The molecule has 0 aliphatic carbocycles. The maximum Gasteiger partial charge on any atom is 0.263 e. The Labute approximate surface area is 245 Å². The summed E-state index contributed by atoms with van der Waals surface area (Å²) in [6.45, 7) is 4.90. The number of aromatic nitrogens is 2. The third-order valence-corrected chi connectivity index (χ3v) is 11.2. The van der Waals surface area contributed by atoms with Gasteiger partial charge in [-0.1, -0.05) is 54.1 Å². The summed E-state index contributed by atoms with van der Waals surface area (Å²) in [5, 5.41) is 0. The van der Waals surface area contributed by atoms with E-state index in [2.05, 4.69) is 71.0 Å². The van der Waals surface area contributed by atoms with Gasteiger partial charge in [-0.05, 0) is 93.7 Å². The van der Waals surface area contributed by atoms with E-state index in [4.69, 9.17) is 16.6 Å². The highest BCUT2D eigenvalue weighted by molar-refractivity contribution is 7.17. The Morgan fingerprint density at radius 3 is 2.35 bits per heavy atom. The number of aryl methyl sites for hydroxylation is 1. The van der Waals surface area contributed by atoms with Crippen molar-refractivity contribution in [1.29, 1.82) is 0 Å². The lowest BCUT2D eigenvalue weighted by Gasteiger charge is -2.45.